The summed E-state index contributed by atoms with van der Waals surface area (Å²) in [6.07, 6.45) is -3.37. The molecule has 0 spiro atoms. The molecule has 1 unspecified atom stereocenters. The molecule has 0 saturated carbocycles. The molecule has 18 heavy (non-hydrogen) atoms. The van der Waals surface area contributed by atoms with E-state index in [9.17, 15) is 18.0 Å². The van der Waals surface area contributed by atoms with E-state index in [-0.39, 0.29) is 26.1 Å². The van der Waals surface area contributed by atoms with Crippen LogP contribution in [0.3, 0.4) is 0 Å². The lowest BCUT2D eigenvalue weighted by Gasteiger charge is -2.29. The van der Waals surface area contributed by atoms with Crippen molar-refractivity contribution in [3.05, 3.63) is 0 Å². The molecule has 106 valence electrons. The number of hydrogen-bond acceptors (Lipinski definition) is 3. The van der Waals surface area contributed by atoms with Crippen molar-refractivity contribution in [2.45, 2.75) is 25.4 Å². The Morgan fingerprint density at radius 2 is 2.17 bits per heavy atom. The molecule has 0 radical (unpaired) electrons. The summed E-state index contributed by atoms with van der Waals surface area (Å²) in [6, 6.07) is 0. The van der Waals surface area contributed by atoms with Crippen LogP contribution in [0, 0.1) is 5.41 Å². The standard InChI is InChI=1S/C11H19F3N2O2/c1-18-7-3-2-5-16-9(17)10(11(12,13)14)4-6-15-8-10/h15H,2-8H2,1H3,(H,16,17). The Morgan fingerprint density at radius 3 is 2.67 bits per heavy atom. The van der Waals surface area contributed by atoms with Crippen LogP contribution in [0.15, 0.2) is 0 Å². The zero-order chi connectivity index (χ0) is 13.6. The summed E-state index contributed by atoms with van der Waals surface area (Å²) in [5.41, 5.74) is -2.26. The summed E-state index contributed by atoms with van der Waals surface area (Å²) in [7, 11) is 1.56. The highest BCUT2D eigenvalue weighted by atomic mass is 19.4. The first-order chi connectivity index (χ1) is 8.44. The summed E-state index contributed by atoms with van der Waals surface area (Å²) in [4.78, 5) is 11.7. The number of carbonyl (C=O) groups is 1. The molecule has 0 aromatic carbocycles. The third-order valence-electron chi connectivity index (χ3n) is 3.19. The van der Waals surface area contributed by atoms with Gasteiger partial charge in [0.05, 0.1) is 0 Å². The first-order valence-electron chi connectivity index (χ1n) is 5.99. The van der Waals surface area contributed by atoms with E-state index in [1.54, 1.807) is 7.11 Å². The number of ether oxygens (including phenoxy) is 1. The first-order valence-corrected chi connectivity index (χ1v) is 5.99. The Hall–Kier alpha value is -0.820. The fraction of sp³-hybridized carbons (Fsp3) is 0.909. The van der Waals surface area contributed by atoms with Crippen molar-refractivity contribution in [2.75, 3.05) is 33.4 Å². The van der Waals surface area contributed by atoms with Gasteiger partial charge in [-0.3, -0.25) is 4.79 Å². The largest absolute Gasteiger partial charge is 0.404 e. The van der Waals surface area contributed by atoms with E-state index >= 15 is 0 Å². The maximum Gasteiger partial charge on any atom is 0.404 e. The fourth-order valence-electron chi connectivity index (χ4n) is 2.00. The van der Waals surface area contributed by atoms with Gasteiger partial charge in [0.1, 0.15) is 0 Å². The van der Waals surface area contributed by atoms with Crippen molar-refractivity contribution in [1.29, 1.82) is 0 Å². The van der Waals surface area contributed by atoms with E-state index in [2.05, 4.69) is 10.6 Å². The number of alkyl halides is 3. The second-order valence-corrected chi connectivity index (χ2v) is 4.46. The molecule has 0 aromatic heterocycles. The Labute approximate surface area is 104 Å². The topological polar surface area (TPSA) is 50.4 Å². The van der Waals surface area contributed by atoms with E-state index in [1.165, 1.54) is 0 Å². The minimum atomic E-state index is -4.51. The number of methoxy groups -OCH3 is 1. The van der Waals surface area contributed by atoms with E-state index < -0.39 is 17.5 Å². The molecule has 1 aliphatic heterocycles. The van der Waals surface area contributed by atoms with Crippen LogP contribution in [0.2, 0.25) is 0 Å². The first kappa shape index (κ1) is 15.2. The Morgan fingerprint density at radius 1 is 1.44 bits per heavy atom. The average molecular weight is 268 g/mol. The van der Waals surface area contributed by atoms with Gasteiger partial charge < -0.3 is 15.4 Å². The van der Waals surface area contributed by atoms with Gasteiger partial charge >= 0.3 is 6.18 Å². The van der Waals surface area contributed by atoms with Crippen molar-refractivity contribution in [3.8, 4) is 0 Å². The zero-order valence-corrected chi connectivity index (χ0v) is 10.4. The second kappa shape index (κ2) is 6.38. The molecule has 1 rings (SSSR count). The molecule has 1 saturated heterocycles. The van der Waals surface area contributed by atoms with E-state index in [1.807, 2.05) is 0 Å². The Bertz CT molecular complexity index is 276. The quantitative estimate of drug-likeness (QED) is 0.709. The molecule has 2 N–H and O–H groups in total. The van der Waals surface area contributed by atoms with Gasteiger partial charge in [0.15, 0.2) is 5.41 Å². The van der Waals surface area contributed by atoms with Crippen LogP contribution in [0.4, 0.5) is 13.2 Å². The van der Waals surface area contributed by atoms with Crippen LogP contribution < -0.4 is 10.6 Å². The molecular weight excluding hydrogens is 249 g/mol. The van der Waals surface area contributed by atoms with Gasteiger partial charge in [0.2, 0.25) is 5.91 Å². The lowest BCUT2D eigenvalue weighted by atomic mass is 9.85. The lowest BCUT2D eigenvalue weighted by molar-refractivity contribution is -0.216. The fourth-order valence-corrected chi connectivity index (χ4v) is 2.00. The van der Waals surface area contributed by atoms with E-state index in [0.717, 1.165) is 0 Å². The average Bonchev–Trinajstić information content (AvgIpc) is 2.78. The molecule has 1 fully saturated rings. The molecule has 4 nitrogen and oxygen atoms in total. The molecule has 7 heteroatoms. The summed E-state index contributed by atoms with van der Waals surface area (Å²) < 4.78 is 43.7. The Kier molecular flexibility index (Phi) is 5.40. The zero-order valence-electron chi connectivity index (χ0n) is 10.4. The van der Waals surface area contributed by atoms with Crippen LogP contribution >= 0.6 is 0 Å². The molecule has 1 heterocycles. The van der Waals surface area contributed by atoms with Gasteiger partial charge in [-0.2, -0.15) is 13.2 Å². The van der Waals surface area contributed by atoms with Crippen molar-refractivity contribution in [3.63, 3.8) is 0 Å². The van der Waals surface area contributed by atoms with Gasteiger partial charge in [0, 0.05) is 26.8 Å². The third kappa shape index (κ3) is 3.35. The van der Waals surface area contributed by atoms with Gasteiger partial charge in [-0.1, -0.05) is 0 Å². The normalized spacial score (nSPS) is 24.2. The maximum atomic E-state index is 13.0. The van der Waals surface area contributed by atoms with Crippen molar-refractivity contribution >= 4 is 5.91 Å². The third-order valence-corrected chi connectivity index (χ3v) is 3.19. The lowest BCUT2D eigenvalue weighted by Crippen LogP contribution is -2.52. The number of carbonyl (C=O) groups excluding carboxylic acids is 1. The SMILES string of the molecule is COCCCCNC(=O)C1(C(F)(F)F)CCNC1. The van der Waals surface area contributed by atoms with E-state index in [4.69, 9.17) is 4.74 Å². The smallest absolute Gasteiger partial charge is 0.385 e. The number of halogens is 3. The maximum absolute atomic E-state index is 13.0. The molecule has 0 aromatic rings. The number of unbranched alkanes of at least 4 members (excludes halogenated alkanes) is 1. The second-order valence-electron chi connectivity index (χ2n) is 4.46. The number of rotatable bonds is 6. The van der Waals surface area contributed by atoms with Crippen LogP contribution in [-0.2, 0) is 9.53 Å². The Balaban J connectivity index is 2.47. The highest BCUT2D eigenvalue weighted by Gasteiger charge is 2.61. The minimum Gasteiger partial charge on any atom is -0.385 e. The highest BCUT2D eigenvalue weighted by molar-refractivity contribution is 5.84. The van der Waals surface area contributed by atoms with E-state index in [0.29, 0.717) is 19.4 Å². The molecule has 0 aliphatic carbocycles. The van der Waals surface area contributed by atoms with Crippen LogP contribution in [0.5, 0.6) is 0 Å². The van der Waals surface area contributed by atoms with Crippen molar-refractivity contribution in [1.82, 2.24) is 10.6 Å². The summed E-state index contributed by atoms with van der Waals surface area (Å²) in [5.74, 6) is -0.919. The molecule has 1 atom stereocenters. The molecule has 1 amide bonds. The van der Waals surface area contributed by atoms with Gasteiger partial charge in [0.25, 0.3) is 0 Å². The molecule has 1 aliphatic rings. The van der Waals surface area contributed by atoms with Crippen LogP contribution in [0.1, 0.15) is 19.3 Å². The number of nitrogens with one attached hydrogen (secondary N) is 2. The number of hydrogen-bond donors (Lipinski definition) is 2. The van der Waals surface area contributed by atoms with Gasteiger partial charge in [-0.25, -0.2) is 0 Å². The number of amides is 1. The van der Waals surface area contributed by atoms with Crippen molar-refractivity contribution in [2.24, 2.45) is 5.41 Å². The predicted octanol–water partition coefficient (Wildman–Crippen LogP) is 1.07. The van der Waals surface area contributed by atoms with Crippen molar-refractivity contribution < 1.29 is 22.7 Å². The van der Waals surface area contributed by atoms with Gasteiger partial charge in [-0.15, -0.1) is 0 Å². The monoisotopic (exact) mass is 268 g/mol. The molecule has 0 bridgehead atoms. The summed E-state index contributed by atoms with van der Waals surface area (Å²) >= 11 is 0. The summed E-state index contributed by atoms with van der Waals surface area (Å²) in [5, 5.41) is 4.99. The highest BCUT2D eigenvalue weighted by Crippen LogP contribution is 2.43. The molecular formula is C11H19F3N2O2. The van der Waals surface area contributed by atoms with Crippen LogP contribution in [0.25, 0.3) is 0 Å². The summed E-state index contributed by atoms with van der Waals surface area (Å²) in [6.45, 7) is 0.679. The van der Waals surface area contributed by atoms with Crippen LogP contribution in [-0.4, -0.2) is 45.4 Å². The predicted molar refractivity (Wildman–Crippen MR) is 60.1 cm³/mol. The van der Waals surface area contributed by atoms with Gasteiger partial charge in [-0.05, 0) is 25.8 Å². The minimum absolute atomic E-state index is 0.194.